The minimum absolute atomic E-state index is 0.0819. The first-order valence-electron chi connectivity index (χ1n) is 5.33. The van der Waals surface area contributed by atoms with Gasteiger partial charge in [0.25, 0.3) is 5.91 Å². The zero-order chi connectivity index (χ0) is 13.1. The Balaban J connectivity index is 2.05. The molecule has 0 bridgehead atoms. The summed E-state index contributed by atoms with van der Waals surface area (Å²) in [6.45, 7) is 0.244. The van der Waals surface area contributed by atoms with Crippen molar-refractivity contribution in [2.24, 2.45) is 5.92 Å². The SMILES string of the molecule is O=C(NC1COCC1C(=O)O)c1cncc(O)c1. The monoisotopic (exact) mass is 252 g/mol. The van der Waals surface area contributed by atoms with Crippen molar-refractivity contribution >= 4 is 11.9 Å². The van der Waals surface area contributed by atoms with E-state index in [2.05, 4.69) is 10.3 Å². The molecule has 18 heavy (non-hydrogen) atoms. The van der Waals surface area contributed by atoms with Gasteiger partial charge in [-0.2, -0.15) is 0 Å². The van der Waals surface area contributed by atoms with E-state index in [9.17, 15) is 14.7 Å². The quantitative estimate of drug-likeness (QED) is 0.676. The van der Waals surface area contributed by atoms with E-state index in [-0.39, 0.29) is 24.5 Å². The van der Waals surface area contributed by atoms with Gasteiger partial charge in [0, 0.05) is 6.20 Å². The van der Waals surface area contributed by atoms with Gasteiger partial charge in [-0.15, -0.1) is 0 Å². The van der Waals surface area contributed by atoms with Crippen LogP contribution in [0, 0.1) is 5.92 Å². The molecule has 7 nitrogen and oxygen atoms in total. The minimum atomic E-state index is -1.01. The fourth-order valence-electron chi connectivity index (χ4n) is 1.74. The van der Waals surface area contributed by atoms with E-state index in [0.29, 0.717) is 0 Å². The lowest BCUT2D eigenvalue weighted by molar-refractivity contribution is -0.142. The number of carboxylic acid groups (broad SMARTS) is 1. The number of hydrogen-bond donors (Lipinski definition) is 3. The fourth-order valence-corrected chi connectivity index (χ4v) is 1.74. The van der Waals surface area contributed by atoms with Crippen LogP contribution in [0.25, 0.3) is 0 Å². The topological polar surface area (TPSA) is 109 Å². The zero-order valence-electron chi connectivity index (χ0n) is 9.37. The lowest BCUT2D eigenvalue weighted by Gasteiger charge is -2.15. The van der Waals surface area contributed by atoms with Crippen molar-refractivity contribution in [3.63, 3.8) is 0 Å². The van der Waals surface area contributed by atoms with Gasteiger partial charge in [0.2, 0.25) is 0 Å². The van der Waals surface area contributed by atoms with E-state index in [0.717, 1.165) is 0 Å². The van der Waals surface area contributed by atoms with Crippen molar-refractivity contribution < 1.29 is 24.5 Å². The van der Waals surface area contributed by atoms with Crippen LogP contribution in [0.5, 0.6) is 5.75 Å². The number of aliphatic carboxylic acids is 1. The molecule has 1 aliphatic heterocycles. The maximum absolute atomic E-state index is 11.8. The van der Waals surface area contributed by atoms with E-state index >= 15 is 0 Å². The number of amides is 1. The number of nitrogens with one attached hydrogen (secondary N) is 1. The lowest BCUT2D eigenvalue weighted by atomic mass is 10.0. The van der Waals surface area contributed by atoms with Crippen LogP contribution in [0.1, 0.15) is 10.4 Å². The standard InChI is InChI=1S/C11H12N2O5/c14-7-1-6(2-12-3-7)10(15)13-9-5-18-4-8(9)11(16)17/h1-3,8-9,14H,4-5H2,(H,13,15)(H,16,17). The molecule has 1 aromatic heterocycles. The molecule has 0 aromatic carbocycles. The Bertz CT molecular complexity index is 476. The van der Waals surface area contributed by atoms with Crippen molar-refractivity contribution in [3.05, 3.63) is 24.0 Å². The summed E-state index contributed by atoms with van der Waals surface area (Å²) in [4.78, 5) is 26.4. The molecule has 1 saturated heterocycles. The molecule has 1 amide bonds. The van der Waals surface area contributed by atoms with Crippen molar-refractivity contribution in [2.75, 3.05) is 13.2 Å². The summed E-state index contributed by atoms with van der Waals surface area (Å²) in [7, 11) is 0. The smallest absolute Gasteiger partial charge is 0.311 e. The number of aromatic nitrogens is 1. The first-order chi connectivity index (χ1) is 8.58. The molecular weight excluding hydrogens is 240 g/mol. The Kier molecular flexibility index (Phi) is 3.42. The highest BCUT2D eigenvalue weighted by Gasteiger charge is 2.35. The molecule has 1 aromatic rings. The molecule has 2 atom stereocenters. The third-order valence-electron chi connectivity index (χ3n) is 2.70. The normalized spacial score (nSPS) is 22.7. The lowest BCUT2D eigenvalue weighted by Crippen LogP contribution is -2.42. The number of pyridine rings is 1. The molecule has 2 unspecified atom stereocenters. The average molecular weight is 252 g/mol. The number of aromatic hydroxyl groups is 1. The Labute approximate surface area is 102 Å². The molecule has 0 spiro atoms. The van der Waals surface area contributed by atoms with E-state index < -0.39 is 23.8 Å². The molecule has 3 N–H and O–H groups in total. The van der Waals surface area contributed by atoms with Gasteiger partial charge in [0.05, 0.1) is 31.0 Å². The highest BCUT2D eigenvalue weighted by atomic mass is 16.5. The van der Waals surface area contributed by atoms with Gasteiger partial charge in [-0.05, 0) is 6.07 Å². The second-order valence-corrected chi connectivity index (χ2v) is 3.99. The summed E-state index contributed by atoms with van der Waals surface area (Å²) >= 11 is 0. The van der Waals surface area contributed by atoms with Gasteiger partial charge in [0.15, 0.2) is 0 Å². The summed E-state index contributed by atoms with van der Waals surface area (Å²) in [6.07, 6.45) is 2.50. The highest BCUT2D eigenvalue weighted by Crippen LogP contribution is 2.15. The second-order valence-electron chi connectivity index (χ2n) is 3.99. The van der Waals surface area contributed by atoms with E-state index in [4.69, 9.17) is 9.84 Å². The molecule has 1 fully saturated rings. The van der Waals surface area contributed by atoms with Crippen LogP contribution in [-0.2, 0) is 9.53 Å². The van der Waals surface area contributed by atoms with Gasteiger partial charge < -0.3 is 20.3 Å². The summed E-state index contributed by atoms with van der Waals surface area (Å²) in [5.41, 5.74) is 0.172. The summed E-state index contributed by atoms with van der Waals surface area (Å²) in [5.74, 6) is -2.37. The summed E-state index contributed by atoms with van der Waals surface area (Å²) < 4.78 is 5.03. The molecule has 0 saturated carbocycles. The molecule has 0 aliphatic carbocycles. The predicted octanol–water partition coefficient (Wildman–Crippen LogP) is -0.383. The number of rotatable bonds is 3. The van der Waals surface area contributed by atoms with Crippen LogP contribution in [0.2, 0.25) is 0 Å². The van der Waals surface area contributed by atoms with Gasteiger partial charge >= 0.3 is 5.97 Å². The van der Waals surface area contributed by atoms with Crippen molar-refractivity contribution in [1.82, 2.24) is 10.3 Å². The highest BCUT2D eigenvalue weighted by molar-refractivity contribution is 5.94. The maximum atomic E-state index is 11.8. The Morgan fingerprint density at radius 2 is 2.17 bits per heavy atom. The molecule has 2 rings (SSSR count). The van der Waals surface area contributed by atoms with Gasteiger partial charge in [-0.1, -0.05) is 0 Å². The Morgan fingerprint density at radius 3 is 2.83 bits per heavy atom. The van der Waals surface area contributed by atoms with Crippen LogP contribution < -0.4 is 5.32 Å². The summed E-state index contributed by atoms with van der Waals surface area (Å²) in [5, 5.41) is 20.7. The Hall–Kier alpha value is -2.15. The fraction of sp³-hybridized carbons (Fsp3) is 0.364. The van der Waals surface area contributed by atoms with Crippen LogP contribution in [0.3, 0.4) is 0 Å². The van der Waals surface area contributed by atoms with Crippen molar-refractivity contribution in [3.8, 4) is 5.75 Å². The maximum Gasteiger partial charge on any atom is 0.311 e. The van der Waals surface area contributed by atoms with Crippen LogP contribution >= 0.6 is 0 Å². The van der Waals surface area contributed by atoms with Gasteiger partial charge in [-0.25, -0.2) is 0 Å². The van der Waals surface area contributed by atoms with Crippen LogP contribution in [0.4, 0.5) is 0 Å². The third kappa shape index (κ3) is 2.57. The Morgan fingerprint density at radius 1 is 1.39 bits per heavy atom. The van der Waals surface area contributed by atoms with Gasteiger partial charge in [0.1, 0.15) is 11.7 Å². The number of ether oxygens (including phenoxy) is 1. The minimum Gasteiger partial charge on any atom is -0.506 e. The molecular formula is C11H12N2O5. The molecule has 7 heteroatoms. The van der Waals surface area contributed by atoms with Crippen LogP contribution in [-0.4, -0.2) is 46.3 Å². The zero-order valence-corrected chi connectivity index (χ0v) is 9.37. The molecule has 0 radical (unpaired) electrons. The molecule has 96 valence electrons. The van der Waals surface area contributed by atoms with Gasteiger partial charge in [-0.3, -0.25) is 14.6 Å². The number of carboxylic acids is 1. The van der Waals surface area contributed by atoms with Crippen molar-refractivity contribution in [2.45, 2.75) is 6.04 Å². The largest absolute Gasteiger partial charge is 0.506 e. The first-order valence-corrected chi connectivity index (χ1v) is 5.33. The van der Waals surface area contributed by atoms with Crippen molar-refractivity contribution in [1.29, 1.82) is 0 Å². The number of hydrogen-bond acceptors (Lipinski definition) is 5. The van der Waals surface area contributed by atoms with E-state index in [1.165, 1.54) is 18.5 Å². The molecule has 1 aliphatic rings. The second kappa shape index (κ2) is 5.01. The van der Waals surface area contributed by atoms with E-state index in [1.54, 1.807) is 0 Å². The average Bonchev–Trinajstić information content (AvgIpc) is 2.77. The molecule has 2 heterocycles. The third-order valence-corrected chi connectivity index (χ3v) is 2.70. The van der Waals surface area contributed by atoms with E-state index in [1.807, 2.05) is 0 Å². The number of nitrogens with zero attached hydrogens (tertiary/aromatic N) is 1. The van der Waals surface area contributed by atoms with Crippen LogP contribution in [0.15, 0.2) is 18.5 Å². The first kappa shape index (κ1) is 12.3. The summed E-state index contributed by atoms with van der Waals surface area (Å²) in [6, 6.07) is 0.686. The number of carbonyl (C=O) groups is 2. The predicted molar refractivity (Wildman–Crippen MR) is 59.1 cm³/mol. The number of carbonyl (C=O) groups excluding carboxylic acids is 1.